The Morgan fingerprint density at radius 3 is 2.50 bits per heavy atom. The Bertz CT molecular complexity index is 1450. The lowest BCUT2D eigenvalue weighted by molar-refractivity contribution is -0.402. The van der Waals surface area contributed by atoms with E-state index in [-0.39, 0.29) is 28.9 Å². The van der Waals surface area contributed by atoms with Gasteiger partial charge in [-0.1, -0.05) is 11.3 Å². The molecule has 0 radical (unpaired) electrons. The Labute approximate surface area is 229 Å². The number of halogens is 1. The first-order valence-electron chi connectivity index (χ1n) is 12.2. The van der Waals surface area contributed by atoms with E-state index in [2.05, 4.69) is 10.2 Å². The summed E-state index contributed by atoms with van der Waals surface area (Å²) < 4.78 is 25.6. The lowest BCUT2D eigenvalue weighted by Gasteiger charge is -2.36. The summed E-state index contributed by atoms with van der Waals surface area (Å²) in [5, 5.41) is 24.0. The van der Waals surface area contributed by atoms with Crippen molar-refractivity contribution < 1.29 is 33.0 Å². The summed E-state index contributed by atoms with van der Waals surface area (Å²) >= 11 is 0.742. The summed E-state index contributed by atoms with van der Waals surface area (Å²) in [5.74, 6) is -0.841. The van der Waals surface area contributed by atoms with E-state index in [1.807, 2.05) is 4.90 Å². The number of cyclic esters (lactones) is 1. The number of ether oxygens (including phenoxy) is 1. The third-order valence-electron chi connectivity index (χ3n) is 6.52. The molecule has 14 nitrogen and oxygen atoms in total. The second kappa shape index (κ2) is 11.3. The van der Waals surface area contributed by atoms with Crippen molar-refractivity contribution in [2.45, 2.75) is 12.6 Å². The molecule has 0 unspecified atom stereocenters. The highest BCUT2D eigenvalue weighted by Gasteiger charge is 2.33. The van der Waals surface area contributed by atoms with Crippen LogP contribution in [-0.2, 0) is 11.3 Å². The molecular formula is C24H23FN6O8S. The van der Waals surface area contributed by atoms with E-state index in [9.17, 15) is 29.8 Å². The average molecular weight is 575 g/mol. The van der Waals surface area contributed by atoms with Gasteiger partial charge in [-0.3, -0.25) is 34.8 Å². The summed E-state index contributed by atoms with van der Waals surface area (Å²) in [7, 11) is 0. The standard InChI is InChI=1S/C24H23FN6O8S/c25-18-11-15(29-14-17(39-24(29)33)12-26-23(32)20-4-6-22(40-20)31(36)37)1-3-19(18)28-9-7-27(8-10-28)13-16-2-5-21(38-16)30(34)35/h1-6,11,17H,7-10,12-14H2,(H,26,32)/t17-/m0/s1. The van der Waals surface area contributed by atoms with E-state index in [0.717, 1.165) is 11.3 Å². The summed E-state index contributed by atoms with van der Waals surface area (Å²) in [6.45, 7) is 2.74. The summed E-state index contributed by atoms with van der Waals surface area (Å²) in [4.78, 5) is 50.5. The lowest BCUT2D eigenvalue weighted by Crippen LogP contribution is -2.46. The number of benzene rings is 1. The van der Waals surface area contributed by atoms with Crippen LogP contribution in [0, 0.1) is 26.0 Å². The van der Waals surface area contributed by atoms with Crippen LogP contribution in [0.4, 0.5) is 31.4 Å². The molecule has 0 aliphatic carbocycles. The van der Waals surface area contributed by atoms with Crippen molar-refractivity contribution in [3.63, 3.8) is 0 Å². The van der Waals surface area contributed by atoms with Crippen molar-refractivity contribution in [2.75, 3.05) is 49.1 Å². The Kier molecular flexibility index (Phi) is 7.61. The predicted octanol–water partition coefficient (Wildman–Crippen LogP) is 3.37. The van der Waals surface area contributed by atoms with Gasteiger partial charge in [0, 0.05) is 32.2 Å². The molecule has 2 fully saturated rings. The van der Waals surface area contributed by atoms with E-state index in [1.165, 1.54) is 29.2 Å². The molecule has 2 aliphatic rings. The molecule has 210 valence electrons. The maximum absolute atomic E-state index is 15.1. The SMILES string of the molecule is O=C(NC[C@H]1CN(c2ccc(N3CCN(Cc4ccc([N+](=O)[O-])o4)CC3)c(F)c2)C(=O)O1)c1ccc([N+](=O)[O-])s1. The Morgan fingerprint density at radius 1 is 1.07 bits per heavy atom. The third kappa shape index (κ3) is 5.86. The number of hydrogen-bond donors (Lipinski definition) is 1. The monoisotopic (exact) mass is 574 g/mol. The fraction of sp³-hybridized carbons (Fsp3) is 0.333. The first kappa shape index (κ1) is 27.0. The van der Waals surface area contributed by atoms with E-state index >= 15 is 4.39 Å². The molecule has 1 atom stereocenters. The number of hydrogen-bond acceptors (Lipinski definition) is 11. The van der Waals surface area contributed by atoms with Crippen molar-refractivity contribution in [1.29, 1.82) is 0 Å². The Balaban J connectivity index is 1.13. The number of anilines is 2. The second-order valence-electron chi connectivity index (χ2n) is 9.12. The molecule has 2 amide bonds. The number of nitrogens with one attached hydrogen (secondary N) is 1. The maximum atomic E-state index is 15.1. The largest absolute Gasteiger partial charge is 0.442 e. The zero-order valence-corrected chi connectivity index (χ0v) is 21.7. The quantitative estimate of drug-likeness (QED) is 0.296. The van der Waals surface area contributed by atoms with E-state index in [1.54, 1.807) is 18.2 Å². The van der Waals surface area contributed by atoms with Gasteiger partial charge in [-0.2, -0.15) is 0 Å². The zero-order valence-electron chi connectivity index (χ0n) is 20.9. The zero-order chi connectivity index (χ0) is 28.4. The molecule has 2 aromatic heterocycles. The van der Waals surface area contributed by atoms with Gasteiger partial charge in [-0.05, 0) is 30.3 Å². The number of nitrogens with zero attached hydrogens (tertiary/aromatic N) is 5. The number of carbonyl (C=O) groups is 2. The number of rotatable bonds is 9. The number of furan rings is 1. The van der Waals surface area contributed by atoms with Gasteiger partial charge in [-0.25, -0.2) is 9.18 Å². The number of carbonyl (C=O) groups excluding carboxylic acids is 2. The van der Waals surface area contributed by atoms with Crippen LogP contribution in [0.25, 0.3) is 0 Å². The highest BCUT2D eigenvalue weighted by atomic mass is 32.1. The van der Waals surface area contributed by atoms with Crippen molar-refractivity contribution >= 4 is 45.6 Å². The van der Waals surface area contributed by atoms with E-state index in [0.29, 0.717) is 49.9 Å². The van der Waals surface area contributed by atoms with Gasteiger partial charge in [0.1, 0.15) is 22.6 Å². The van der Waals surface area contributed by atoms with Gasteiger partial charge in [-0.15, -0.1) is 0 Å². The van der Waals surface area contributed by atoms with Gasteiger partial charge >= 0.3 is 17.0 Å². The first-order valence-corrected chi connectivity index (χ1v) is 13.0. The minimum Gasteiger partial charge on any atom is -0.442 e. The second-order valence-corrected chi connectivity index (χ2v) is 10.2. The predicted molar refractivity (Wildman–Crippen MR) is 140 cm³/mol. The van der Waals surface area contributed by atoms with Crippen molar-refractivity contribution in [3.8, 4) is 0 Å². The van der Waals surface area contributed by atoms with Gasteiger partial charge in [0.05, 0.1) is 46.9 Å². The minimum absolute atomic E-state index is 0.0109. The molecular weight excluding hydrogens is 551 g/mol. The van der Waals surface area contributed by atoms with Crippen LogP contribution in [-0.4, -0.2) is 72.1 Å². The van der Waals surface area contributed by atoms with Crippen LogP contribution in [0.2, 0.25) is 0 Å². The van der Waals surface area contributed by atoms with Crippen molar-refractivity contribution in [1.82, 2.24) is 10.2 Å². The van der Waals surface area contributed by atoms with Gasteiger partial charge < -0.3 is 19.4 Å². The molecule has 40 heavy (non-hydrogen) atoms. The summed E-state index contributed by atoms with van der Waals surface area (Å²) in [5.41, 5.74) is 0.700. The van der Waals surface area contributed by atoms with Crippen LogP contribution in [0.1, 0.15) is 15.4 Å². The normalized spacial score (nSPS) is 17.6. The molecule has 2 aliphatic heterocycles. The summed E-state index contributed by atoms with van der Waals surface area (Å²) in [6.07, 6.45) is -1.36. The minimum atomic E-state index is -0.683. The summed E-state index contributed by atoms with van der Waals surface area (Å²) in [6, 6.07) is 9.97. The molecule has 1 N–H and O–H groups in total. The molecule has 2 saturated heterocycles. The Hall–Kier alpha value is -4.57. The van der Waals surface area contributed by atoms with E-state index in [4.69, 9.17) is 9.15 Å². The molecule has 5 rings (SSSR count). The van der Waals surface area contributed by atoms with Crippen LogP contribution in [0.15, 0.2) is 46.9 Å². The number of amides is 2. The Morgan fingerprint density at radius 2 is 1.85 bits per heavy atom. The number of piperazine rings is 1. The first-order chi connectivity index (χ1) is 19.2. The van der Waals surface area contributed by atoms with Crippen LogP contribution in [0.5, 0.6) is 0 Å². The van der Waals surface area contributed by atoms with Crippen molar-refractivity contribution in [3.05, 3.63) is 79.1 Å². The average Bonchev–Trinajstić information content (AvgIpc) is 3.68. The van der Waals surface area contributed by atoms with Gasteiger partial charge in [0.25, 0.3) is 5.91 Å². The molecule has 16 heteroatoms. The molecule has 3 aromatic rings. The van der Waals surface area contributed by atoms with E-state index < -0.39 is 33.8 Å². The van der Waals surface area contributed by atoms with Gasteiger partial charge in [0.15, 0.2) is 0 Å². The van der Waals surface area contributed by atoms with Crippen LogP contribution < -0.4 is 15.1 Å². The lowest BCUT2D eigenvalue weighted by atomic mass is 10.2. The molecule has 0 spiro atoms. The smallest absolute Gasteiger partial charge is 0.433 e. The number of nitro groups is 2. The fourth-order valence-corrected chi connectivity index (χ4v) is 5.25. The van der Waals surface area contributed by atoms with Crippen LogP contribution >= 0.6 is 11.3 Å². The molecule has 0 saturated carbocycles. The third-order valence-corrected chi connectivity index (χ3v) is 7.56. The van der Waals surface area contributed by atoms with Crippen molar-refractivity contribution in [2.24, 2.45) is 0 Å². The van der Waals surface area contributed by atoms with Crippen LogP contribution in [0.3, 0.4) is 0 Å². The molecule has 1 aromatic carbocycles. The fourth-order valence-electron chi connectivity index (χ4n) is 4.52. The van der Waals surface area contributed by atoms with Gasteiger partial charge in [0.2, 0.25) is 0 Å². The highest BCUT2D eigenvalue weighted by molar-refractivity contribution is 7.17. The number of thiophene rings is 1. The molecule has 0 bridgehead atoms. The molecule has 4 heterocycles. The maximum Gasteiger partial charge on any atom is 0.433 e. The topological polar surface area (TPSA) is 165 Å². The highest BCUT2D eigenvalue weighted by Crippen LogP contribution is 2.29.